The van der Waals surface area contributed by atoms with E-state index in [1.54, 1.807) is 6.07 Å². The van der Waals surface area contributed by atoms with Crippen LogP contribution >= 0.6 is 11.6 Å². The first kappa shape index (κ1) is 19.7. The summed E-state index contributed by atoms with van der Waals surface area (Å²) in [5.74, 6) is -0.386. The zero-order chi connectivity index (χ0) is 20.7. The molecule has 144 valence electrons. The van der Waals surface area contributed by atoms with Crippen molar-refractivity contribution >= 4 is 32.7 Å². The van der Waals surface area contributed by atoms with Crippen molar-refractivity contribution in [3.8, 4) is 11.8 Å². The number of nitriles is 1. The fraction of sp³-hybridized carbons (Fsp3) is 0.0588. The molecule has 11 heteroatoms. The third kappa shape index (κ3) is 3.81. The number of benzene rings is 2. The molecule has 0 aliphatic rings. The first-order valence-electron chi connectivity index (χ1n) is 7.30. The van der Waals surface area contributed by atoms with Gasteiger partial charge in [-0.05, 0) is 30.3 Å². The van der Waals surface area contributed by atoms with Crippen LogP contribution in [0.3, 0.4) is 0 Å². The molecule has 0 spiro atoms. The highest BCUT2D eigenvalue weighted by Crippen LogP contribution is 2.35. The number of fused-ring (bicyclic) bond motifs is 1. The minimum absolute atomic E-state index is 0.0358. The quantitative estimate of drug-likeness (QED) is 0.459. The van der Waals surface area contributed by atoms with Gasteiger partial charge in [-0.2, -0.15) is 26.9 Å². The molecule has 6 nitrogen and oxygen atoms in total. The van der Waals surface area contributed by atoms with Crippen molar-refractivity contribution in [1.29, 1.82) is 5.26 Å². The SMILES string of the molecule is N#Cc1cc(S(=O)(=O)Oc2ccc3c(C(F)(F)F)cc(=O)oc3c2)ccc1Cl. The summed E-state index contributed by atoms with van der Waals surface area (Å²) in [5.41, 5.74) is -3.08. The normalized spacial score (nSPS) is 12.0. The minimum atomic E-state index is -4.81. The van der Waals surface area contributed by atoms with Crippen LogP contribution in [0.5, 0.6) is 5.75 Å². The lowest BCUT2D eigenvalue weighted by atomic mass is 10.1. The maximum absolute atomic E-state index is 13.1. The van der Waals surface area contributed by atoms with Gasteiger partial charge in [0.2, 0.25) is 0 Å². The van der Waals surface area contributed by atoms with Gasteiger partial charge in [0.05, 0.1) is 16.1 Å². The number of rotatable bonds is 3. The summed E-state index contributed by atoms with van der Waals surface area (Å²) in [5, 5.41) is 8.53. The molecule has 0 aliphatic carbocycles. The second kappa shape index (κ2) is 6.85. The average Bonchev–Trinajstić information content (AvgIpc) is 2.59. The molecule has 0 atom stereocenters. The summed E-state index contributed by atoms with van der Waals surface area (Å²) in [4.78, 5) is 11.0. The Morgan fingerprint density at radius 1 is 1.11 bits per heavy atom. The van der Waals surface area contributed by atoms with Crippen LogP contribution in [0.1, 0.15) is 11.1 Å². The Hall–Kier alpha value is -3.03. The third-order valence-electron chi connectivity index (χ3n) is 3.57. The van der Waals surface area contributed by atoms with E-state index in [2.05, 4.69) is 0 Å². The Morgan fingerprint density at radius 3 is 2.46 bits per heavy atom. The number of hydrogen-bond acceptors (Lipinski definition) is 6. The molecule has 2 aromatic carbocycles. The molecule has 0 N–H and O–H groups in total. The van der Waals surface area contributed by atoms with Crippen molar-refractivity contribution in [3.63, 3.8) is 0 Å². The Kier molecular flexibility index (Phi) is 4.82. The van der Waals surface area contributed by atoms with Crippen LogP contribution in [0, 0.1) is 11.3 Å². The first-order chi connectivity index (χ1) is 13.0. The fourth-order valence-electron chi connectivity index (χ4n) is 2.35. The summed E-state index contributed by atoms with van der Waals surface area (Å²) < 4.78 is 73.5. The van der Waals surface area contributed by atoms with E-state index >= 15 is 0 Å². The molecule has 3 aromatic rings. The molecule has 0 aliphatic heterocycles. The topological polar surface area (TPSA) is 97.4 Å². The van der Waals surface area contributed by atoms with E-state index in [0.717, 1.165) is 30.3 Å². The Labute approximate surface area is 160 Å². The lowest BCUT2D eigenvalue weighted by Gasteiger charge is -2.11. The van der Waals surface area contributed by atoms with Gasteiger partial charge in [0.25, 0.3) is 0 Å². The molecule has 0 saturated carbocycles. The smallest absolute Gasteiger partial charge is 0.417 e. The van der Waals surface area contributed by atoms with Crippen molar-refractivity contribution in [3.05, 3.63) is 69.0 Å². The van der Waals surface area contributed by atoms with Crippen LogP contribution in [0.15, 0.2) is 56.6 Å². The van der Waals surface area contributed by atoms with E-state index in [0.29, 0.717) is 6.07 Å². The van der Waals surface area contributed by atoms with Gasteiger partial charge in [-0.3, -0.25) is 0 Å². The summed E-state index contributed by atoms with van der Waals surface area (Å²) in [7, 11) is -4.43. The zero-order valence-electron chi connectivity index (χ0n) is 13.5. The van der Waals surface area contributed by atoms with Crippen LogP contribution in [0.25, 0.3) is 11.0 Å². The van der Waals surface area contributed by atoms with E-state index < -0.39 is 38.5 Å². The lowest BCUT2D eigenvalue weighted by molar-refractivity contribution is -0.136. The summed E-state index contributed by atoms with van der Waals surface area (Å²) >= 11 is 5.75. The Balaban J connectivity index is 2.06. The van der Waals surface area contributed by atoms with Gasteiger partial charge >= 0.3 is 21.9 Å². The van der Waals surface area contributed by atoms with E-state index in [-0.39, 0.29) is 21.2 Å². The second-order valence-corrected chi connectivity index (χ2v) is 7.38. The second-order valence-electron chi connectivity index (χ2n) is 5.43. The number of halogens is 4. The van der Waals surface area contributed by atoms with Gasteiger partial charge in [0, 0.05) is 17.5 Å². The summed E-state index contributed by atoms with van der Waals surface area (Å²) in [6.07, 6.45) is -4.81. The van der Waals surface area contributed by atoms with Gasteiger partial charge < -0.3 is 8.60 Å². The Morgan fingerprint density at radius 2 is 1.82 bits per heavy atom. The monoisotopic (exact) mass is 429 g/mol. The maximum atomic E-state index is 13.1. The number of nitrogens with zero attached hydrogens (tertiary/aromatic N) is 1. The van der Waals surface area contributed by atoms with Gasteiger partial charge in [0.15, 0.2) is 0 Å². The zero-order valence-corrected chi connectivity index (χ0v) is 15.0. The summed E-state index contributed by atoms with van der Waals surface area (Å²) in [6, 6.07) is 8.05. The van der Waals surface area contributed by atoms with Gasteiger partial charge in [-0.25, -0.2) is 4.79 Å². The predicted molar refractivity (Wildman–Crippen MR) is 91.5 cm³/mol. The molecule has 1 aromatic heterocycles. The first-order valence-corrected chi connectivity index (χ1v) is 9.09. The molecule has 0 fully saturated rings. The van der Waals surface area contributed by atoms with Crippen molar-refractivity contribution in [2.75, 3.05) is 0 Å². The molecule has 3 rings (SSSR count). The highest BCUT2D eigenvalue weighted by atomic mass is 35.5. The van der Waals surface area contributed by atoms with E-state index in [9.17, 15) is 26.4 Å². The van der Waals surface area contributed by atoms with Gasteiger partial charge in [-0.1, -0.05) is 11.6 Å². The van der Waals surface area contributed by atoms with E-state index in [1.165, 1.54) is 6.07 Å². The predicted octanol–water partition coefficient (Wildman–Crippen LogP) is 4.10. The van der Waals surface area contributed by atoms with Crippen molar-refractivity contribution in [2.45, 2.75) is 11.1 Å². The minimum Gasteiger partial charge on any atom is -0.423 e. The van der Waals surface area contributed by atoms with Crippen LogP contribution in [-0.4, -0.2) is 8.42 Å². The van der Waals surface area contributed by atoms with E-state index in [4.69, 9.17) is 25.5 Å². The van der Waals surface area contributed by atoms with E-state index in [1.807, 2.05) is 0 Å². The third-order valence-corrected chi connectivity index (χ3v) is 5.15. The molecule has 0 amide bonds. The van der Waals surface area contributed by atoms with Crippen molar-refractivity contribution in [2.24, 2.45) is 0 Å². The molecule has 0 unspecified atom stereocenters. The largest absolute Gasteiger partial charge is 0.423 e. The molecule has 0 bridgehead atoms. The number of hydrogen-bond donors (Lipinski definition) is 0. The molecule has 28 heavy (non-hydrogen) atoms. The Bertz CT molecular complexity index is 1290. The molecular formula is C17H7ClF3NO5S. The highest BCUT2D eigenvalue weighted by Gasteiger charge is 2.34. The van der Waals surface area contributed by atoms with Crippen LogP contribution < -0.4 is 9.81 Å². The van der Waals surface area contributed by atoms with Crippen LogP contribution in [-0.2, 0) is 16.3 Å². The maximum Gasteiger partial charge on any atom is 0.417 e. The molecule has 0 saturated heterocycles. The van der Waals surface area contributed by atoms with Crippen molar-refractivity contribution in [1.82, 2.24) is 0 Å². The lowest BCUT2D eigenvalue weighted by Crippen LogP contribution is -2.12. The van der Waals surface area contributed by atoms with Crippen LogP contribution in [0.2, 0.25) is 5.02 Å². The molecule has 1 heterocycles. The van der Waals surface area contributed by atoms with Crippen LogP contribution in [0.4, 0.5) is 13.2 Å². The summed E-state index contributed by atoms with van der Waals surface area (Å²) in [6.45, 7) is 0. The molecule has 0 radical (unpaired) electrons. The standard InChI is InChI=1S/C17H7ClF3NO5S/c18-14-4-2-11(5-9(14)8-22)28(24,25)27-10-1-3-12-13(17(19,20)21)7-16(23)26-15(12)6-10/h1-7H. The number of alkyl halides is 3. The van der Waals surface area contributed by atoms with Gasteiger partial charge in [-0.15, -0.1) is 0 Å². The van der Waals surface area contributed by atoms with Gasteiger partial charge in [0.1, 0.15) is 22.3 Å². The van der Waals surface area contributed by atoms with Crippen molar-refractivity contribution < 1.29 is 30.2 Å². The molecular weight excluding hydrogens is 423 g/mol. The average molecular weight is 430 g/mol. The highest BCUT2D eigenvalue weighted by molar-refractivity contribution is 7.87. The fourth-order valence-corrected chi connectivity index (χ4v) is 3.46.